The van der Waals surface area contributed by atoms with Crippen LogP contribution in [0.5, 0.6) is 5.75 Å². The van der Waals surface area contributed by atoms with Crippen LogP contribution in [0.25, 0.3) is 11.1 Å². The molecule has 0 spiro atoms. The summed E-state index contributed by atoms with van der Waals surface area (Å²) in [6.07, 6.45) is -5.35. The van der Waals surface area contributed by atoms with E-state index in [2.05, 4.69) is 5.32 Å². The maximum atomic E-state index is 12.8. The molecule has 0 radical (unpaired) electrons. The van der Waals surface area contributed by atoms with Gasteiger partial charge in [0.15, 0.2) is 6.10 Å². The van der Waals surface area contributed by atoms with Crippen molar-refractivity contribution in [1.82, 2.24) is 0 Å². The lowest BCUT2D eigenvalue weighted by Crippen LogP contribution is -2.30. The predicted octanol–water partition coefficient (Wildman–Crippen LogP) is 5.78. The van der Waals surface area contributed by atoms with E-state index < -0.39 is 23.8 Å². The van der Waals surface area contributed by atoms with Gasteiger partial charge in [-0.3, -0.25) is 4.79 Å². The molecule has 1 unspecified atom stereocenters. The topological polar surface area (TPSA) is 38.3 Å². The molecule has 1 N–H and O–H groups in total. The Labute approximate surface area is 160 Å². The molecule has 0 heterocycles. The van der Waals surface area contributed by atoms with Crippen LogP contribution in [-0.2, 0) is 11.0 Å². The van der Waals surface area contributed by atoms with E-state index in [1.807, 2.05) is 42.5 Å². The van der Waals surface area contributed by atoms with Gasteiger partial charge >= 0.3 is 6.18 Å². The number of hydrogen-bond acceptors (Lipinski definition) is 2. The molecule has 144 valence electrons. The van der Waals surface area contributed by atoms with Crippen LogP contribution in [0.15, 0.2) is 78.9 Å². The summed E-state index contributed by atoms with van der Waals surface area (Å²) in [5.74, 6) is -0.0437. The molecule has 1 amide bonds. The van der Waals surface area contributed by atoms with E-state index in [0.29, 0.717) is 5.75 Å². The zero-order valence-corrected chi connectivity index (χ0v) is 15.0. The van der Waals surface area contributed by atoms with Crippen LogP contribution in [0, 0.1) is 0 Å². The Morgan fingerprint density at radius 2 is 1.54 bits per heavy atom. The number of carbonyl (C=O) groups is 1. The maximum Gasteiger partial charge on any atom is 0.416 e. The predicted molar refractivity (Wildman–Crippen MR) is 102 cm³/mol. The molecule has 3 rings (SSSR count). The minimum atomic E-state index is -4.47. The Bertz CT molecular complexity index is 938. The zero-order valence-electron chi connectivity index (χ0n) is 15.0. The molecule has 3 nitrogen and oxygen atoms in total. The van der Waals surface area contributed by atoms with Crippen LogP contribution >= 0.6 is 0 Å². The summed E-state index contributed by atoms with van der Waals surface area (Å²) in [5, 5.41) is 2.45. The van der Waals surface area contributed by atoms with E-state index in [9.17, 15) is 18.0 Å². The first-order valence-corrected chi connectivity index (χ1v) is 8.63. The van der Waals surface area contributed by atoms with Crippen molar-refractivity contribution >= 4 is 11.6 Å². The van der Waals surface area contributed by atoms with E-state index in [4.69, 9.17) is 4.74 Å². The average Bonchev–Trinajstić information content (AvgIpc) is 2.69. The van der Waals surface area contributed by atoms with Crippen LogP contribution in [0.4, 0.5) is 18.9 Å². The zero-order chi connectivity index (χ0) is 20.1. The molecule has 28 heavy (non-hydrogen) atoms. The highest BCUT2D eigenvalue weighted by Crippen LogP contribution is 2.30. The Kier molecular flexibility index (Phi) is 5.68. The number of alkyl halides is 3. The first-order valence-electron chi connectivity index (χ1n) is 8.63. The van der Waals surface area contributed by atoms with Gasteiger partial charge < -0.3 is 10.1 Å². The highest BCUT2D eigenvalue weighted by atomic mass is 19.4. The molecular formula is C22H18F3NO2. The van der Waals surface area contributed by atoms with Crippen molar-refractivity contribution in [1.29, 1.82) is 0 Å². The van der Waals surface area contributed by atoms with E-state index in [0.717, 1.165) is 23.3 Å². The average molecular weight is 385 g/mol. The number of ether oxygens (including phenoxy) is 1. The number of halogens is 3. The van der Waals surface area contributed by atoms with Gasteiger partial charge in [-0.2, -0.15) is 13.2 Å². The number of amides is 1. The number of benzene rings is 3. The number of anilines is 1. The Hall–Kier alpha value is -3.28. The van der Waals surface area contributed by atoms with Crippen LogP contribution in [0.3, 0.4) is 0 Å². The maximum absolute atomic E-state index is 12.8. The van der Waals surface area contributed by atoms with Crippen molar-refractivity contribution in [3.63, 3.8) is 0 Å². The Balaban J connectivity index is 1.63. The van der Waals surface area contributed by atoms with Gasteiger partial charge in [0.2, 0.25) is 0 Å². The van der Waals surface area contributed by atoms with Gasteiger partial charge in [0.25, 0.3) is 5.91 Å². The second kappa shape index (κ2) is 8.17. The van der Waals surface area contributed by atoms with E-state index in [-0.39, 0.29) is 5.69 Å². The molecule has 3 aromatic carbocycles. The molecule has 0 aromatic heterocycles. The third-order valence-corrected chi connectivity index (χ3v) is 4.10. The molecule has 0 bridgehead atoms. The summed E-state index contributed by atoms with van der Waals surface area (Å²) in [6.45, 7) is 1.54. The second-order valence-corrected chi connectivity index (χ2v) is 6.22. The largest absolute Gasteiger partial charge is 0.481 e. The fourth-order valence-corrected chi connectivity index (χ4v) is 2.63. The third-order valence-electron chi connectivity index (χ3n) is 4.10. The minimum absolute atomic E-state index is 0.0645. The second-order valence-electron chi connectivity index (χ2n) is 6.22. The normalized spacial score (nSPS) is 12.3. The molecule has 0 aliphatic heterocycles. The summed E-state index contributed by atoms with van der Waals surface area (Å²) in [5.41, 5.74) is 1.31. The lowest BCUT2D eigenvalue weighted by Gasteiger charge is -2.16. The first-order chi connectivity index (χ1) is 13.3. The van der Waals surface area contributed by atoms with Crippen molar-refractivity contribution in [3.8, 4) is 16.9 Å². The van der Waals surface area contributed by atoms with Crippen molar-refractivity contribution in [2.45, 2.75) is 19.2 Å². The van der Waals surface area contributed by atoms with Gasteiger partial charge in [-0.15, -0.1) is 0 Å². The summed E-state index contributed by atoms with van der Waals surface area (Å²) in [6, 6.07) is 21.5. The van der Waals surface area contributed by atoms with E-state index >= 15 is 0 Å². The minimum Gasteiger partial charge on any atom is -0.481 e. The van der Waals surface area contributed by atoms with Crippen molar-refractivity contribution in [2.24, 2.45) is 0 Å². The summed E-state index contributed by atoms with van der Waals surface area (Å²) < 4.78 is 43.9. The van der Waals surface area contributed by atoms with Crippen LogP contribution < -0.4 is 10.1 Å². The molecule has 3 aromatic rings. The molecular weight excluding hydrogens is 367 g/mol. The monoisotopic (exact) mass is 385 g/mol. The number of nitrogens with one attached hydrogen (secondary N) is 1. The highest BCUT2D eigenvalue weighted by Gasteiger charge is 2.30. The lowest BCUT2D eigenvalue weighted by molar-refractivity contribution is -0.137. The standard InChI is InChI=1S/C22H18F3NO2/c1-15(21(27)26-19-9-5-8-18(14-19)22(23,24)25)28-20-12-10-17(11-13-20)16-6-3-2-4-7-16/h2-15H,1H3,(H,26,27). The van der Waals surface area contributed by atoms with E-state index in [1.54, 1.807) is 12.1 Å². The molecule has 1 atom stereocenters. The van der Waals surface area contributed by atoms with Gasteiger partial charge in [-0.25, -0.2) is 0 Å². The molecule has 0 aliphatic carbocycles. The fraction of sp³-hybridized carbons (Fsp3) is 0.136. The molecule has 0 saturated carbocycles. The van der Waals surface area contributed by atoms with Crippen LogP contribution in [-0.4, -0.2) is 12.0 Å². The summed E-state index contributed by atoms with van der Waals surface area (Å²) >= 11 is 0. The first kappa shape index (κ1) is 19.5. The van der Waals surface area contributed by atoms with E-state index in [1.165, 1.54) is 19.1 Å². The fourth-order valence-electron chi connectivity index (χ4n) is 2.63. The van der Waals surface area contributed by atoms with Crippen molar-refractivity contribution < 1.29 is 22.7 Å². The van der Waals surface area contributed by atoms with Gasteiger partial charge in [0.1, 0.15) is 5.75 Å². The quantitative estimate of drug-likeness (QED) is 0.605. The molecule has 0 aliphatic rings. The van der Waals surface area contributed by atoms with Gasteiger partial charge in [0.05, 0.1) is 5.56 Å². The summed E-state index contributed by atoms with van der Waals surface area (Å²) in [4.78, 5) is 12.2. The molecule has 6 heteroatoms. The van der Waals surface area contributed by atoms with Gasteiger partial charge in [-0.05, 0) is 48.4 Å². The molecule has 0 saturated heterocycles. The van der Waals surface area contributed by atoms with Crippen molar-refractivity contribution in [3.05, 3.63) is 84.4 Å². The smallest absolute Gasteiger partial charge is 0.416 e. The van der Waals surface area contributed by atoms with Gasteiger partial charge in [-0.1, -0.05) is 48.5 Å². The van der Waals surface area contributed by atoms with Gasteiger partial charge in [0, 0.05) is 5.69 Å². The number of hydrogen-bond donors (Lipinski definition) is 1. The SMILES string of the molecule is CC(Oc1ccc(-c2ccccc2)cc1)C(=O)Nc1cccc(C(F)(F)F)c1. The van der Waals surface area contributed by atoms with Crippen LogP contribution in [0.2, 0.25) is 0 Å². The van der Waals surface area contributed by atoms with Crippen LogP contribution in [0.1, 0.15) is 12.5 Å². The molecule has 0 fully saturated rings. The third kappa shape index (κ3) is 4.91. The Morgan fingerprint density at radius 3 is 2.18 bits per heavy atom. The number of rotatable bonds is 5. The summed E-state index contributed by atoms with van der Waals surface area (Å²) in [7, 11) is 0. The lowest BCUT2D eigenvalue weighted by atomic mass is 10.1. The Morgan fingerprint density at radius 1 is 0.893 bits per heavy atom. The highest BCUT2D eigenvalue weighted by molar-refractivity contribution is 5.94. The van der Waals surface area contributed by atoms with Crippen molar-refractivity contribution in [2.75, 3.05) is 5.32 Å². The number of carbonyl (C=O) groups excluding carboxylic acids is 1.